The maximum atomic E-state index is 10.6. The van der Waals surface area contributed by atoms with Crippen molar-refractivity contribution in [3.05, 3.63) is 44.5 Å². The standard InChI is InChI=1S/C11H12ClNO3/c1-2-8(7-14)5-9-3-4-10(12)11(6-9)13(15)16/h3-6,14H,2,7H2,1H3. The van der Waals surface area contributed by atoms with E-state index in [1.807, 2.05) is 6.92 Å². The Balaban J connectivity index is 3.12. The molecule has 1 aromatic carbocycles. The maximum Gasteiger partial charge on any atom is 0.288 e. The molecule has 86 valence electrons. The predicted molar refractivity (Wildman–Crippen MR) is 63.5 cm³/mol. The molecule has 0 atom stereocenters. The number of halogens is 1. The molecule has 0 bridgehead atoms. The van der Waals surface area contributed by atoms with Gasteiger partial charge < -0.3 is 5.11 Å². The lowest BCUT2D eigenvalue weighted by molar-refractivity contribution is -0.384. The minimum Gasteiger partial charge on any atom is -0.392 e. The summed E-state index contributed by atoms with van der Waals surface area (Å²) in [6, 6.07) is 4.56. The van der Waals surface area contributed by atoms with Gasteiger partial charge in [0.2, 0.25) is 0 Å². The van der Waals surface area contributed by atoms with Crippen molar-refractivity contribution in [1.29, 1.82) is 0 Å². The van der Waals surface area contributed by atoms with E-state index < -0.39 is 4.92 Å². The number of nitrogens with zero attached hydrogens (tertiary/aromatic N) is 1. The highest BCUT2D eigenvalue weighted by atomic mass is 35.5. The van der Waals surface area contributed by atoms with Gasteiger partial charge in [-0.3, -0.25) is 10.1 Å². The molecule has 16 heavy (non-hydrogen) atoms. The van der Waals surface area contributed by atoms with Gasteiger partial charge in [-0.25, -0.2) is 0 Å². The Kier molecular flexibility index (Phi) is 4.46. The van der Waals surface area contributed by atoms with E-state index in [9.17, 15) is 10.1 Å². The predicted octanol–water partition coefficient (Wildman–Crippen LogP) is 3.03. The fourth-order valence-electron chi connectivity index (χ4n) is 1.25. The second-order valence-corrected chi connectivity index (χ2v) is 3.69. The number of nitro groups is 1. The monoisotopic (exact) mass is 241 g/mol. The largest absolute Gasteiger partial charge is 0.392 e. The van der Waals surface area contributed by atoms with Crippen molar-refractivity contribution in [2.45, 2.75) is 13.3 Å². The van der Waals surface area contributed by atoms with Crippen LogP contribution in [0.1, 0.15) is 18.9 Å². The van der Waals surface area contributed by atoms with Gasteiger partial charge in [0.05, 0.1) is 11.5 Å². The Bertz CT molecular complexity index is 423. The third-order valence-electron chi connectivity index (χ3n) is 2.19. The smallest absolute Gasteiger partial charge is 0.288 e. The molecule has 0 heterocycles. The van der Waals surface area contributed by atoms with Crippen LogP contribution in [0.15, 0.2) is 23.8 Å². The molecule has 0 aliphatic heterocycles. The lowest BCUT2D eigenvalue weighted by Gasteiger charge is -2.01. The maximum absolute atomic E-state index is 10.6. The lowest BCUT2D eigenvalue weighted by atomic mass is 10.1. The van der Waals surface area contributed by atoms with Crippen LogP contribution in [0.25, 0.3) is 6.08 Å². The van der Waals surface area contributed by atoms with Gasteiger partial charge in [0.15, 0.2) is 0 Å². The van der Waals surface area contributed by atoms with Crippen molar-refractivity contribution in [2.75, 3.05) is 6.61 Å². The molecule has 0 aromatic heterocycles. The highest BCUT2D eigenvalue weighted by molar-refractivity contribution is 6.32. The number of aliphatic hydroxyl groups excluding tert-OH is 1. The second kappa shape index (κ2) is 5.63. The Morgan fingerprint density at radius 2 is 2.31 bits per heavy atom. The van der Waals surface area contributed by atoms with Gasteiger partial charge >= 0.3 is 0 Å². The summed E-state index contributed by atoms with van der Waals surface area (Å²) in [6.07, 6.45) is 2.43. The van der Waals surface area contributed by atoms with Gasteiger partial charge in [0, 0.05) is 6.07 Å². The third kappa shape index (κ3) is 3.05. The van der Waals surface area contributed by atoms with Gasteiger partial charge in [-0.1, -0.05) is 30.7 Å². The molecule has 0 spiro atoms. The van der Waals surface area contributed by atoms with Crippen molar-refractivity contribution < 1.29 is 10.0 Å². The number of rotatable bonds is 4. The topological polar surface area (TPSA) is 63.4 Å². The highest BCUT2D eigenvalue weighted by Crippen LogP contribution is 2.26. The number of hydrogen-bond donors (Lipinski definition) is 1. The van der Waals surface area contributed by atoms with E-state index in [1.165, 1.54) is 12.1 Å². The van der Waals surface area contributed by atoms with Crippen LogP contribution >= 0.6 is 11.6 Å². The Morgan fingerprint density at radius 3 is 2.81 bits per heavy atom. The SMILES string of the molecule is CCC(=Cc1ccc(Cl)c([N+](=O)[O-])c1)CO. The van der Waals surface area contributed by atoms with E-state index in [-0.39, 0.29) is 17.3 Å². The van der Waals surface area contributed by atoms with Crippen molar-refractivity contribution in [3.63, 3.8) is 0 Å². The molecule has 0 amide bonds. The Labute approximate surface area is 98.3 Å². The van der Waals surface area contributed by atoms with Gasteiger partial charge in [0.1, 0.15) is 5.02 Å². The van der Waals surface area contributed by atoms with Gasteiger partial charge in [-0.05, 0) is 23.6 Å². The molecule has 1 rings (SSSR count). The molecule has 1 N–H and O–H groups in total. The van der Waals surface area contributed by atoms with Crippen molar-refractivity contribution >= 4 is 23.4 Å². The van der Waals surface area contributed by atoms with Crippen LogP contribution in [0.4, 0.5) is 5.69 Å². The fraction of sp³-hybridized carbons (Fsp3) is 0.273. The van der Waals surface area contributed by atoms with E-state index in [1.54, 1.807) is 12.1 Å². The average Bonchev–Trinajstić information content (AvgIpc) is 2.27. The number of aliphatic hydroxyl groups is 1. The molecule has 5 heteroatoms. The van der Waals surface area contributed by atoms with Crippen molar-refractivity contribution in [1.82, 2.24) is 0 Å². The zero-order chi connectivity index (χ0) is 12.1. The lowest BCUT2D eigenvalue weighted by Crippen LogP contribution is -1.91. The Morgan fingerprint density at radius 1 is 1.62 bits per heavy atom. The molecule has 0 unspecified atom stereocenters. The van der Waals surface area contributed by atoms with E-state index in [2.05, 4.69) is 0 Å². The molecule has 0 radical (unpaired) electrons. The summed E-state index contributed by atoms with van der Waals surface area (Å²) in [6.45, 7) is 1.86. The zero-order valence-electron chi connectivity index (χ0n) is 8.81. The van der Waals surface area contributed by atoms with Gasteiger partial charge in [-0.15, -0.1) is 0 Å². The molecule has 0 saturated carbocycles. The number of benzene rings is 1. The summed E-state index contributed by atoms with van der Waals surface area (Å²) in [7, 11) is 0. The van der Waals surface area contributed by atoms with Gasteiger partial charge in [-0.2, -0.15) is 0 Å². The van der Waals surface area contributed by atoms with E-state index in [0.717, 1.165) is 5.57 Å². The van der Waals surface area contributed by atoms with E-state index >= 15 is 0 Å². The summed E-state index contributed by atoms with van der Waals surface area (Å²) >= 11 is 5.68. The van der Waals surface area contributed by atoms with E-state index in [0.29, 0.717) is 12.0 Å². The number of nitro benzene ring substituents is 1. The summed E-state index contributed by atoms with van der Waals surface area (Å²) in [4.78, 5) is 10.1. The Hall–Kier alpha value is -1.39. The fourth-order valence-corrected chi connectivity index (χ4v) is 1.44. The number of hydrogen-bond acceptors (Lipinski definition) is 3. The zero-order valence-corrected chi connectivity index (χ0v) is 9.57. The average molecular weight is 242 g/mol. The van der Waals surface area contributed by atoms with E-state index in [4.69, 9.17) is 16.7 Å². The first-order chi connectivity index (χ1) is 7.58. The molecule has 0 saturated heterocycles. The molecule has 0 aliphatic carbocycles. The molecular weight excluding hydrogens is 230 g/mol. The van der Waals surface area contributed by atoms with Crippen LogP contribution in [-0.2, 0) is 0 Å². The van der Waals surface area contributed by atoms with Crippen LogP contribution in [0.2, 0.25) is 5.02 Å². The van der Waals surface area contributed by atoms with Gasteiger partial charge in [0.25, 0.3) is 5.69 Å². The molecular formula is C11H12ClNO3. The third-order valence-corrected chi connectivity index (χ3v) is 2.51. The minimum absolute atomic E-state index is 0.0487. The van der Waals surface area contributed by atoms with Crippen molar-refractivity contribution in [3.8, 4) is 0 Å². The first-order valence-corrected chi connectivity index (χ1v) is 5.20. The highest BCUT2D eigenvalue weighted by Gasteiger charge is 2.11. The second-order valence-electron chi connectivity index (χ2n) is 3.28. The molecule has 4 nitrogen and oxygen atoms in total. The quantitative estimate of drug-likeness (QED) is 0.651. The van der Waals surface area contributed by atoms with Crippen LogP contribution in [0.5, 0.6) is 0 Å². The molecule has 0 fully saturated rings. The van der Waals surface area contributed by atoms with Crippen LogP contribution in [-0.4, -0.2) is 16.6 Å². The summed E-state index contributed by atoms with van der Waals surface area (Å²) < 4.78 is 0. The molecule has 0 aliphatic rings. The first kappa shape index (κ1) is 12.7. The minimum atomic E-state index is -0.524. The molecule has 1 aromatic rings. The van der Waals surface area contributed by atoms with Crippen LogP contribution in [0, 0.1) is 10.1 Å². The summed E-state index contributed by atoms with van der Waals surface area (Å²) in [5.74, 6) is 0. The summed E-state index contributed by atoms with van der Waals surface area (Å²) in [5.41, 5.74) is 1.36. The normalized spacial score (nSPS) is 11.6. The van der Waals surface area contributed by atoms with Crippen LogP contribution < -0.4 is 0 Å². The van der Waals surface area contributed by atoms with Crippen molar-refractivity contribution in [2.24, 2.45) is 0 Å². The van der Waals surface area contributed by atoms with Crippen LogP contribution in [0.3, 0.4) is 0 Å². The first-order valence-electron chi connectivity index (χ1n) is 4.82. The summed E-state index contributed by atoms with van der Waals surface area (Å²) in [5, 5.41) is 19.8.